The minimum atomic E-state index is -0.445. The van der Waals surface area contributed by atoms with Crippen LogP contribution < -0.4 is 26.4 Å². The van der Waals surface area contributed by atoms with Crippen molar-refractivity contribution >= 4 is 5.82 Å². The van der Waals surface area contributed by atoms with E-state index in [1.165, 1.54) is 5.56 Å². The summed E-state index contributed by atoms with van der Waals surface area (Å²) in [6.07, 6.45) is 2.20. The predicted molar refractivity (Wildman–Crippen MR) is 115 cm³/mol. The van der Waals surface area contributed by atoms with E-state index < -0.39 is 6.29 Å². The highest BCUT2D eigenvalue weighted by atomic mass is 16.5. The van der Waals surface area contributed by atoms with Crippen LogP contribution >= 0.6 is 0 Å². The molecule has 3 unspecified atom stereocenters. The van der Waals surface area contributed by atoms with Gasteiger partial charge in [-0.05, 0) is 43.5 Å². The van der Waals surface area contributed by atoms with Crippen LogP contribution in [0.4, 0.5) is 5.82 Å². The number of nitrogens with one attached hydrogen (secondary N) is 1. The summed E-state index contributed by atoms with van der Waals surface area (Å²) in [5.74, 6) is 2.23. The zero-order valence-corrected chi connectivity index (χ0v) is 17.7. The molecule has 0 spiro atoms. The normalized spacial score (nSPS) is 26.0. The van der Waals surface area contributed by atoms with Crippen molar-refractivity contribution in [1.29, 1.82) is 0 Å². The van der Waals surface area contributed by atoms with E-state index in [2.05, 4.69) is 47.1 Å². The Morgan fingerprint density at radius 3 is 2.66 bits per heavy atom. The first-order valence-electron chi connectivity index (χ1n) is 10.4. The van der Waals surface area contributed by atoms with Gasteiger partial charge in [-0.2, -0.15) is 5.10 Å². The van der Waals surface area contributed by atoms with Gasteiger partial charge in [-0.25, -0.2) is 9.58 Å². The number of rotatable bonds is 5. The number of hydrogen-bond donors (Lipinski definition) is 3. The summed E-state index contributed by atoms with van der Waals surface area (Å²) in [5, 5.41) is 8.15. The van der Waals surface area contributed by atoms with Crippen molar-refractivity contribution in [3.05, 3.63) is 41.6 Å². The van der Waals surface area contributed by atoms with Gasteiger partial charge in [0.25, 0.3) is 0 Å². The minimum Gasteiger partial charge on any atom is -0.497 e. The molecule has 0 saturated carbocycles. The van der Waals surface area contributed by atoms with E-state index in [-0.39, 0.29) is 12.3 Å². The summed E-state index contributed by atoms with van der Waals surface area (Å²) in [7, 11) is 1.68. The van der Waals surface area contributed by atoms with Crippen LogP contribution in [0.3, 0.4) is 0 Å². The van der Waals surface area contributed by atoms with Crippen molar-refractivity contribution in [3.63, 3.8) is 0 Å². The van der Waals surface area contributed by atoms with E-state index in [1.807, 2.05) is 29.1 Å². The topological polar surface area (TPSA) is 97.6 Å². The van der Waals surface area contributed by atoms with Crippen LogP contribution in [0.1, 0.15) is 56.6 Å². The second-order valence-electron chi connectivity index (χ2n) is 8.30. The van der Waals surface area contributed by atoms with E-state index in [9.17, 15) is 0 Å². The second kappa shape index (κ2) is 7.95. The third kappa shape index (κ3) is 3.40. The lowest BCUT2D eigenvalue weighted by molar-refractivity contribution is 0.0190. The highest BCUT2D eigenvalue weighted by molar-refractivity contribution is 5.52. The minimum absolute atomic E-state index is 0.00758. The molecule has 4 atom stereocenters. The molecule has 2 aliphatic heterocycles. The number of nitrogens with two attached hydrogens (primary N) is 2. The maximum Gasteiger partial charge on any atom is 0.160 e. The molecule has 5 N–H and O–H groups in total. The molecule has 29 heavy (non-hydrogen) atoms. The molecule has 8 heteroatoms. The van der Waals surface area contributed by atoms with Gasteiger partial charge >= 0.3 is 0 Å². The molecule has 8 nitrogen and oxygen atoms in total. The first kappa shape index (κ1) is 20.2. The molecule has 3 heterocycles. The van der Waals surface area contributed by atoms with Gasteiger partial charge in [0.1, 0.15) is 17.9 Å². The molecule has 2 aromatic rings. The summed E-state index contributed by atoms with van der Waals surface area (Å²) < 4.78 is 7.36. The average molecular weight is 400 g/mol. The first-order valence-corrected chi connectivity index (χ1v) is 10.4. The fourth-order valence-electron chi connectivity index (χ4n) is 4.59. The molecule has 1 fully saturated rings. The maximum atomic E-state index is 6.92. The lowest BCUT2D eigenvalue weighted by Gasteiger charge is -2.51. The Labute approximate surface area is 172 Å². The second-order valence-corrected chi connectivity index (χ2v) is 8.30. The molecule has 0 bridgehead atoms. The number of methoxy groups -OCH3 is 1. The predicted octanol–water partition coefficient (Wildman–Crippen LogP) is 1.92. The number of anilines is 1. The van der Waals surface area contributed by atoms with Crippen molar-refractivity contribution in [3.8, 4) is 5.75 Å². The Kier molecular flexibility index (Phi) is 5.52. The molecular formula is C21H33N7O. The van der Waals surface area contributed by atoms with Crippen molar-refractivity contribution in [2.45, 2.75) is 57.8 Å². The Morgan fingerprint density at radius 2 is 2.00 bits per heavy atom. The van der Waals surface area contributed by atoms with Crippen LogP contribution in [0, 0.1) is 0 Å². The summed E-state index contributed by atoms with van der Waals surface area (Å²) in [6, 6.07) is 8.39. The van der Waals surface area contributed by atoms with Gasteiger partial charge in [-0.15, -0.1) is 0 Å². The Morgan fingerprint density at radius 1 is 1.21 bits per heavy atom. The average Bonchev–Trinajstić information content (AvgIpc) is 3.38. The van der Waals surface area contributed by atoms with Gasteiger partial charge in [0.05, 0.1) is 13.3 Å². The van der Waals surface area contributed by atoms with E-state index in [0.29, 0.717) is 12.0 Å². The molecule has 4 rings (SSSR count). The van der Waals surface area contributed by atoms with Crippen LogP contribution in [0.5, 0.6) is 5.75 Å². The van der Waals surface area contributed by atoms with Crippen LogP contribution in [0.2, 0.25) is 0 Å². The van der Waals surface area contributed by atoms with Gasteiger partial charge in [-0.3, -0.25) is 11.5 Å². The fraction of sp³-hybridized carbons (Fsp3) is 0.571. The van der Waals surface area contributed by atoms with E-state index in [4.69, 9.17) is 16.2 Å². The Bertz CT molecular complexity index is 845. The Balaban J connectivity index is 1.77. The Hall–Kier alpha value is -2.13. The first-order chi connectivity index (χ1) is 13.9. The number of aromatic nitrogens is 2. The van der Waals surface area contributed by atoms with Gasteiger partial charge in [-0.1, -0.05) is 26.0 Å². The van der Waals surface area contributed by atoms with E-state index >= 15 is 0 Å². The third-order valence-corrected chi connectivity index (χ3v) is 6.26. The zero-order valence-electron chi connectivity index (χ0n) is 17.7. The summed E-state index contributed by atoms with van der Waals surface area (Å²) in [6.45, 7) is 8.41. The summed E-state index contributed by atoms with van der Waals surface area (Å²) in [5.41, 5.74) is 16.0. The van der Waals surface area contributed by atoms with Crippen LogP contribution in [0.25, 0.3) is 0 Å². The lowest BCUT2D eigenvalue weighted by atomic mass is 10.0. The van der Waals surface area contributed by atoms with E-state index in [1.54, 1.807) is 7.11 Å². The smallest absolute Gasteiger partial charge is 0.160 e. The van der Waals surface area contributed by atoms with Crippen LogP contribution in [0.15, 0.2) is 30.5 Å². The third-order valence-electron chi connectivity index (χ3n) is 6.26. The van der Waals surface area contributed by atoms with E-state index in [0.717, 1.165) is 36.6 Å². The zero-order chi connectivity index (χ0) is 20.7. The van der Waals surface area contributed by atoms with Crippen molar-refractivity contribution in [1.82, 2.24) is 20.0 Å². The van der Waals surface area contributed by atoms with Crippen LogP contribution in [-0.2, 0) is 0 Å². The standard InChI is InChI=1S/C21H33N7O/c1-13(2)18-12-25-28-19(18)27(16-8-9-24-11-16)20(22)26(21(28)23)14(3)15-6-5-7-17(10-15)29-4/h5-7,10,12-14,16,20-21,24H,8-9,11,22-23H2,1-4H3/t14-,16?,20?,21?/m0/s1. The quantitative estimate of drug-likeness (QED) is 0.707. The van der Waals surface area contributed by atoms with Crippen LogP contribution in [-0.4, -0.2) is 47.2 Å². The van der Waals surface area contributed by atoms with Gasteiger partial charge in [0.2, 0.25) is 0 Å². The highest BCUT2D eigenvalue weighted by Crippen LogP contribution is 2.40. The fourth-order valence-corrected chi connectivity index (χ4v) is 4.59. The van der Waals surface area contributed by atoms with Crippen molar-refractivity contribution < 1.29 is 4.74 Å². The number of fused-ring (bicyclic) bond motifs is 1. The number of nitrogens with zero attached hydrogens (tertiary/aromatic N) is 4. The highest BCUT2D eigenvalue weighted by Gasteiger charge is 2.43. The molecule has 0 amide bonds. The number of benzene rings is 1. The largest absolute Gasteiger partial charge is 0.497 e. The summed E-state index contributed by atoms with van der Waals surface area (Å²) >= 11 is 0. The molecule has 0 radical (unpaired) electrons. The molecular weight excluding hydrogens is 366 g/mol. The summed E-state index contributed by atoms with van der Waals surface area (Å²) in [4.78, 5) is 4.46. The molecule has 1 saturated heterocycles. The molecule has 2 aliphatic rings. The van der Waals surface area contributed by atoms with Gasteiger partial charge in [0.15, 0.2) is 6.29 Å². The monoisotopic (exact) mass is 399 g/mol. The van der Waals surface area contributed by atoms with Crippen molar-refractivity contribution in [2.24, 2.45) is 11.5 Å². The molecule has 1 aromatic carbocycles. The molecule has 0 aliphatic carbocycles. The molecule has 158 valence electrons. The molecule has 1 aromatic heterocycles. The maximum absolute atomic E-state index is 6.92. The number of ether oxygens (including phenoxy) is 1. The SMILES string of the molecule is COc1cccc([C@H](C)N2C(N)N(C3CCNC3)c3c(C(C)C)cnn3C2N)c1. The lowest BCUT2D eigenvalue weighted by Crippen LogP contribution is -2.65. The number of hydrogen-bond acceptors (Lipinski definition) is 7. The van der Waals surface area contributed by atoms with Gasteiger partial charge < -0.3 is 15.0 Å². The van der Waals surface area contributed by atoms with Gasteiger partial charge in [0, 0.05) is 24.2 Å². The van der Waals surface area contributed by atoms with Crippen molar-refractivity contribution in [2.75, 3.05) is 25.1 Å².